The standard InChI is InChI=1S/C14H19NO4/c1-4-10(2)14(17)19-9-13(16)15-11-5-7-12(18-3)8-6-11/h5-8,10H,4,9H2,1-3H3,(H,15,16). The van der Waals surface area contributed by atoms with Crippen molar-refractivity contribution in [3.8, 4) is 5.75 Å². The van der Waals surface area contributed by atoms with Gasteiger partial charge in [0.25, 0.3) is 5.91 Å². The lowest BCUT2D eigenvalue weighted by Crippen LogP contribution is -2.23. The van der Waals surface area contributed by atoms with E-state index in [2.05, 4.69) is 5.32 Å². The molecule has 1 atom stereocenters. The van der Waals surface area contributed by atoms with Gasteiger partial charge in [-0.15, -0.1) is 0 Å². The van der Waals surface area contributed by atoms with Gasteiger partial charge in [-0.1, -0.05) is 13.8 Å². The Morgan fingerprint density at radius 2 is 1.89 bits per heavy atom. The van der Waals surface area contributed by atoms with Crippen LogP contribution in [0.4, 0.5) is 5.69 Å². The Kier molecular flexibility index (Phi) is 5.85. The van der Waals surface area contributed by atoms with Crippen LogP contribution >= 0.6 is 0 Å². The van der Waals surface area contributed by atoms with E-state index in [1.807, 2.05) is 6.92 Å². The highest BCUT2D eigenvalue weighted by Gasteiger charge is 2.13. The topological polar surface area (TPSA) is 64.6 Å². The number of esters is 1. The van der Waals surface area contributed by atoms with Gasteiger partial charge in [-0.05, 0) is 30.7 Å². The predicted octanol–water partition coefficient (Wildman–Crippen LogP) is 2.22. The summed E-state index contributed by atoms with van der Waals surface area (Å²) in [4.78, 5) is 23.0. The minimum Gasteiger partial charge on any atom is -0.497 e. The molecule has 0 bridgehead atoms. The van der Waals surface area contributed by atoms with Crippen LogP contribution in [0.25, 0.3) is 0 Å². The van der Waals surface area contributed by atoms with E-state index in [4.69, 9.17) is 9.47 Å². The quantitative estimate of drug-likeness (QED) is 0.801. The third-order valence-corrected chi connectivity index (χ3v) is 2.73. The van der Waals surface area contributed by atoms with Crippen LogP contribution in [0.5, 0.6) is 5.75 Å². The van der Waals surface area contributed by atoms with E-state index in [1.54, 1.807) is 38.3 Å². The van der Waals surface area contributed by atoms with E-state index in [-0.39, 0.29) is 24.4 Å². The summed E-state index contributed by atoms with van der Waals surface area (Å²) >= 11 is 0. The number of anilines is 1. The maximum atomic E-state index is 11.6. The molecule has 0 saturated carbocycles. The van der Waals surface area contributed by atoms with Gasteiger partial charge in [-0.2, -0.15) is 0 Å². The largest absolute Gasteiger partial charge is 0.497 e. The first kappa shape index (κ1) is 15.0. The molecule has 1 aromatic rings. The number of rotatable bonds is 6. The zero-order chi connectivity index (χ0) is 14.3. The summed E-state index contributed by atoms with van der Waals surface area (Å²) in [5.41, 5.74) is 0.630. The Bertz CT molecular complexity index is 428. The highest BCUT2D eigenvalue weighted by Crippen LogP contribution is 2.14. The number of carbonyl (C=O) groups is 2. The average Bonchev–Trinajstić information content (AvgIpc) is 2.44. The first-order valence-electron chi connectivity index (χ1n) is 6.17. The Hall–Kier alpha value is -2.04. The van der Waals surface area contributed by atoms with Crippen LogP contribution in [-0.2, 0) is 14.3 Å². The van der Waals surface area contributed by atoms with Crippen molar-refractivity contribution in [1.82, 2.24) is 0 Å². The molecule has 5 heteroatoms. The van der Waals surface area contributed by atoms with Crippen molar-refractivity contribution in [3.63, 3.8) is 0 Å². The van der Waals surface area contributed by atoms with Crippen molar-refractivity contribution < 1.29 is 19.1 Å². The van der Waals surface area contributed by atoms with Crippen LogP contribution in [0.15, 0.2) is 24.3 Å². The molecule has 0 aliphatic carbocycles. The van der Waals surface area contributed by atoms with E-state index in [0.29, 0.717) is 17.9 Å². The molecule has 1 amide bonds. The number of benzene rings is 1. The van der Waals surface area contributed by atoms with Crippen molar-refractivity contribution in [1.29, 1.82) is 0 Å². The van der Waals surface area contributed by atoms with Crippen molar-refractivity contribution in [2.24, 2.45) is 5.92 Å². The normalized spacial score (nSPS) is 11.5. The minimum atomic E-state index is -0.359. The third kappa shape index (κ3) is 4.99. The monoisotopic (exact) mass is 265 g/mol. The summed E-state index contributed by atoms with van der Waals surface area (Å²) in [6, 6.07) is 6.90. The molecule has 1 aromatic carbocycles. The van der Waals surface area contributed by atoms with Gasteiger partial charge >= 0.3 is 5.97 Å². The van der Waals surface area contributed by atoms with Crippen molar-refractivity contribution in [3.05, 3.63) is 24.3 Å². The lowest BCUT2D eigenvalue weighted by atomic mass is 10.1. The van der Waals surface area contributed by atoms with Gasteiger partial charge in [0.1, 0.15) is 5.75 Å². The first-order chi connectivity index (χ1) is 9.06. The fourth-order valence-electron chi connectivity index (χ4n) is 1.32. The van der Waals surface area contributed by atoms with Gasteiger partial charge in [0, 0.05) is 5.69 Å². The SMILES string of the molecule is CCC(C)C(=O)OCC(=O)Nc1ccc(OC)cc1. The molecule has 1 N–H and O–H groups in total. The average molecular weight is 265 g/mol. The first-order valence-corrected chi connectivity index (χ1v) is 6.17. The molecule has 0 spiro atoms. The van der Waals surface area contributed by atoms with Gasteiger partial charge < -0.3 is 14.8 Å². The van der Waals surface area contributed by atoms with Gasteiger partial charge in [-0.25, -0.2) is 0 Å². The van der Waals surface area contributed by atoms with Crippen LogP contribution in [0.3, 0.4) is 0 Å². The molecule has 0 radical (unpaired) electrons. The van der Waals surface area contributed by atoms with Crippen LogP contribution in [-0.4, -0.2) is 25.6 Å². The lowest BCUT2D eigenvalue weighted by molar-refractivity contribution is -0.151. The molecule has 104 valence electrons. The summed E-state index contributed by atoms with van der Waals surface area (Å²) in [6.07, 6.45) is 0.693. The molecule has 0 aliphatic heterocycles. The number of nitrogens with one attached hydrogen (secondary N) is 1. The van der Waals surface area contributed by atoms with E-state index in [0.717, 1.165) is 0 Å². The van der Waals surface area contributed by atoms with Crippen LogP contribution in [0.2, 0.25) is 0 Å². The minimum absolute atomic E-state index is 0.186. The molecule has 0 aliphatic rings. The maximum Gasteiger partial charge on any atom is 0.309 e. The van der Waals surface area contributed by atoms with Crippen LogP contribution in [0, 0.1) is 5.92 Å². The number of carbonyl (C=O) groups excluding carboxylic acids is 2. The fraction of sp³-hybridized carbons (Fsp3) is 0.429. The highest BCUT2D eigenvalue weighted by molar-refractivity contribution is 5.92. The second kappa shape index (κ2) is 7.41. The van der Waals surface area contributed by atoms with E-state index < -0.39 is 0 Å². The second-order valence-corrected chi connectivity index (χ2v) is 4.19. The number of hydrogen-bond donors (Lipinski definition) is 1. The Balaban J connectivity index is 2.40. The lowest BCUT2D eigenvalue weighted by Gasteiger charge is -2.09. The molecule has 1 unspecified atom stereocenters. The molecule has 1 rings (SSSR count). The smallest absolute Gasteiger partial charge is 0.309 e. The van der Waals surface area contributed by atoms with Gasteiger partial charge in [-0.3, -0.25) is 9.59 Å². The Morgan fingerprint density at radius 1 is 1.26 bits per heavy atom. The van der Waals surface area contributed by atoms with Crippen LogP contribution < -0.4 is 10.1 Å². The predicted molar refractivity (Wildman–Crippen MR) is 72.0 cm³/mol. The summed E-state index contributed by atoms with van der Waals surface area (Å²) in [7, 11) is 1.57. The highest BCUT2D eigenvalue weighted by atomic mass is 16.5. The molecule has 0 saturated heterocycles. The van der Waals surface area contributed by atoms with Gasteiger partial charge in [0.2, 0.25) is 0 Å². The maximum absolute atomic E-state index is 11.6. The summed E-state index contributed by atoms with van der Waals surface area (Å²) in [6.45, 7) is 3.39. The number of methoxy groups -OCH3 is 1. The van der Waals surface area contributed by atoms with Crippen molar-refractivity contribution >= 4 is 17.6 Å². The third-order valence-electron chi connectivity index (χ3n) is 2.73. The van der Waals surface area contributed by atoms with E-state index in [9.17, 15) is 9.59 Å². The number of ether oxygens (including phenoxy) is 2. The summed E-state index contributed by atoms with van der Waals surface area (Å²) < 4.78 is 9.91. The van der Waals surface area contributed by atoms with Crippen molar-refractivity contribution in [2.75, 3.05) is 19.0 Å². The number of amides is 1. The van der Waals surface area contributed by atoms with Crippen LogP contribution in [0.1, 0.15) is 20.3 Å². The second-order valence-electron chi connectivity index (χ2n) is 4.19. The van der Waals surface area contributed by atoms with Gasteiger partial charge in [0.05, 0.1) is 13.0 Å². The van der Waals surface area contributed by atoms with Gasteiger partial charge in [0.15, 0.2) is 6.61 Å². The number of hydrogen-bond acceptors (Lipinski definition) is 4. The Morgan fingerprint density at radius 3 is 2.42 bits per heavy atom. The summed E-state index contributed by atoms with van der Waals surface area (Å²) in [5.74, 6) is -0.191. The molecule has 0 fully saturated rings. The molecule has 0 aromatic heterocycles. The molecule has 19 heavy (non-hydrogen) atoms. The zero-order valence-corrected chi connectivity index (χ0v) is 11.4. The Labute approximate surface area is 112 Å². The summed E-state index contributed by atoms with van der Waals surface area (Å²) in [5, 5.41) is 2.63. The zero-order valence-electron chi connectivity index (χ0n) is 11.4. The molecular formula is C14H19NO4. The molecule has 0 heterocycles. The van der Waals surface area contributed by atoms with Crippen molar-refractivity contribution in [2.45, 2.75) is 20.3 Å². The fourth-order valence-corrected chi connectivity index (χ4v) is 1.32. The van der Waals surface area contributed by atoms with E-state index in [1.165, 1.54) is 0 Å². The van der Waals surface area contributed by atoms with E-state index >= 15 is 0 Å². The molecule has 5 nitrogen and oxygen atoms in total. The molecular weight excluding hydrogens is 246 g/mol.